The molecule has 35 heavy (non-hydrogen) atoms. The number of ether oxygens (including phenoxy) is 1. The molecule has 0 radical (unpaired) electrons. The number of H-pyrrole nitrogens is 1. The predicted octanol–water partition coefficient (Wildman–Crippen LogP) is 5.19. The standard InChI is InChI=1S/C25H27F4N5O/c1-16-12-23(33-32-16)31-22-7-6-20(26)21(30-22)13-17-8-10-34(11-9-17)24(14-35-15-24)18-4-2-3-5-19(18)25(27,28)29/h2-7,12,17H,8-11,13-15H2,1H3,(H2,30,31,32,33). The normalized spacial score (nSPS) is 18.9. The number of aryl methyl sites for hydroxylation is 1. The molecule has 0 aliphatic carbocycles. The lowest BCUT2D eigenvalue weighted by atomic mass is 9.80. The van der Waals surface area contributed by atoms with Crippen molar-refractivity contribution < 1.29 is 22.3 Å². The summed E-state index contributed by atoms with van der Waals surface area (Å²) in [5.41, 5.74) is 0.177. The van der Waals surface area contributed by atoms with Crippen molar-refractivity contribution in [1.29, 1.82) is 0 Å². The Morgan fingerprint density at radius 3 is 2.49 bits per heavy atom. The molecule has 0 bridgehead atoms. The predicted molar refractivity (Wildman–Crippen MR) is 123 cm³/mol. The minimum absolute atomic E-state index is 0.187. The van der Waals surface area contributed by atoms with E-state index >= 15 is 0 Å². The molecule has 0 amide bonds. The fourth-order valence-corrected chi connectivity index (χ4v) is 5.09. The summed E-state index contributed by atoms with van der Waals surface area (Å²) >= 11 is 0. The fourth-order valence-electron chi connectivity index (χ4n) is 5.09. The highest BCUT2D eigenvalue weighted by molar-refractivity contribution is 5.51. The van der Waals surface area contributed by atoms with Gasteiger partial charge in [-0.3, -0.25) is 10.00 Å². The Balaban J connectivity index is 1.27. The van der Waals surface area contributed by atoms with Gasteiger partial charge in [0, 0.05) is 11.8 Å². The molecule has 0 atom stereocenters. The number of rotatable bonds is 6. The molecule has 4 heterocycles. The lowest BCUT2D eigenvalue weighted by molar-refractivity contribution is -0.166. The second kappa shape index (κ2) is 9.23. The zero-order chi connectivity index (χ0) is 24.6. The molecule has 6 nitrogen and oxygen atoms in total. The van der Waals surface area contributed by atoms with Gasteiger partial charge in [-0.05, 0) is 69.0 Å². The van der Waals surface area contributed by atoms with Gasteiger partial charge in [0.05, 0.1) is 30.0 Å². The molecule has 3 aromatic rings. The molecule has 2 saturated heterocycles. The van der Waals surface area contributed by atoms with Crippen molar-refractivity contribution in [3.05, 3.63) is 70.8 Å². The maximum atomic E-state index is 14.5. The summed E-state index contributed by atoms with van der Waals surface area (Å²) in [6.45, 7) is 3.59. The average molecular weight is 490 g/mol. The van der Waals surface area contributed by atoms with E-state index in [0.717, 1.165) is 24.6 Å². The van der Waals surface area contributed by atoms with Crippen LogP contribution in [0.25, 0.3) is 0 Å². The maximum absolute atomic E-state index is 14.5. The van der Waals surface area contributed by atoms with Crippen molar-refractivity contribution >= 4 is 11.6 Å². The SMILES string of the molecule is Cc1cc(Nc2ccc(F)c(CC3CCN(C4(c5ccccc5C(F)(F)F)COC4)CC3)n2)n[nH]1. The number of benzene rings is 1. The van der Waals surface area contributed by atoms with Gasteiger partial charge in [0.15, 0.2) is 5.82 Å². The lowest BCUT2D eigenvalue weighted by Crippen LogP contribution is -2.61. The minimum atomic E-state index is -4.42. The summed E-state index contributed by atoms with van der Waals surface area (Å²) in [5, 5.41) is 10.0. The second-order valence-corrected chi connectivity index (χ2v) is 9.39. The number of nitrogens with zero attached hydrogens (tertiary/aromatic N) is 3. The van der Waals surface area contributed by atoms with Crippen LogP contribution < -0.4 is 5.32 Å². The van der Waals surface area contributed by atoms with Gasteiger partial charge in [-0.15, -0.1) is 0 Å². The van der Waals surface area contributed by atoms with Crippen LogP contribution in [-0.4, -0.2) is 46.4 Å². The first kappa shape index (κ1) is 23.7. The molecule has 0 unspecified atom stereocenters. The van der Waals surface area contributed by atoms with Crippen molar-refractivity contribution in [1.82, 2.24) is 20.1 Å². The van der Waals surface area contributed by atoms with Crippen LogP contribution in [0.4, 0.5) is 29.2 Å². The van der Waals surface area contributed by atoms with E-state index in [-0.39, 0.29) is 30.5 Å². The smallest absolute Gasteiger partial charge is 0.377 e. The van der Waals surface area contributed by atoms with Gasteiger partial charge in [0.25, 0.3) is 0 Å². The summed E-state index contributed by atoms with van der Waals surface area (Å²) in [5.74, 6) is 0.943. The third-order valence-electron chi connectivity index (χ3n) is 7.00. The van der Waals surface area contributed by atoms with Gasteiger partial charge in [0.2, 0.25) is 0 Å². The Morgan fingerprint density at radius 2 is 1.86 bits per heavy atom. The van der Waals surface area contributed by atoms with Crippen molar-refractivity contribution in [3.63, 3.8) is 0 Å². The number of aromatic amines is 1. The molecule has 2 aromatic heterocycles. The highest BCUT2D eigenvalue weighted by Gasteiger charge is 2.50. The van der Waals surface area contributed by atoms with Gasteiger partial charge in [-0.2, -0.15) is 18.3 Å². The van der Waals surface area contributed by atoms with Crippen LogP contribution in [0.2, 0.25) is 0 Å². The van der Waals surface area contributed by atoms with Crippen LogP contribution >= 0.6 is 0 Å². The van der Waals surface area contributed by atoms with Gasteiger partial charge in [0.1, 0.15) is 11.6 Å². The Kier molecular flexibility index (Phi) is 6.27. The lowest BCUT2D eigenvalue weighted by Gasteiger charge is -2.52. The van der Waals surface area contributed by atoms with Crippen LogP contribution in [0.5, 0.6) is 0 Å². The summed E-state index contributed by atoms with van der Waals surface area (Å²) in [4.78, 5) is 6.56. The molecule has 2 aliphatic rings. The molecule has 5 rings (SSSR count). The molecule has 186 valence electrons. The molecule has 2 fully saturated rings. The molecule has 2 aliphatic heterocycles. The number of nitrogens with one attached hydrogen (secondary N) is 2. The number of halogens is 4. The number of piperidine rings is 1. The molecule has 0 saturated carbocycles. The van der Waals surface area contributed by atoms with Gasteiger partial charge in [-0.1, -0.05) is 18.2 Å². The number of alkyl halides is 3. The topological polar surface area (TPSA) is 66.1 Å². The van der Waals surface area contributed by atoms with Gasteiger partial charge in [-0.25, -0.2) is 9.37 Å². The number of hydrogen-bond acceptors (Lipinski definition) is 5. The molecule has 0 spiro atoms. The number of likely N-dealkylation sites (tertiary alicyclic amines) is 1. The first-order chi connectivity index (χ1) is 16.7. The summed E-state index contributed by atoms with van der Waals surface area (Å²) in [6.07, 6.45) is -2.47. The number of hydrogen-bond donors (Lipinski definition) is 2. The molecule has 2 N–H and O–H groups in total. The van der Waals surface area contributed by atoms with E-state index in [0.29, 0.717) is 36.8 Å². The molecule has 1 aromatic carbocycles. The summed E-state index contributed by atoms with van der Waals surface area (Å²) in [6, 6.07) is 10.6. The summed E-state index contributed by atoms with van der Waals surface area (Å²) < 4.78 is 61.1. The van der Waals surface area contributed by atoms with E-state index in [1.54, 1.807) is 18.2 Å². The summed E-state index contributed by atoms with van der Waals surface area (Å²) in [7, 11) is 0. The third-order valence-corrected chi connectivity index (χ3v) is 7.00. The van der Waals surface area contributed by atoms with Crippen LogP contribution in [0.15, 0.2) is 42.5 Å². The molecular weight excluding hydrogens is 462 g/mol. The monoisotopic (exact) mass is 489 g/mol. The van der Waals surface area contributed by atoms with E-state index < -0.39 is 17.3 Å². The average Bonchev–Trinajstić information content (AvgIpc) is 3.20. The first-order valence-electron chi connectivity index (χ1n) is 11.7. The van der Waals surface area contributed by atoms with Gasteiger partial charge < -0.3 is 10.1 Å². The largest absolute Gasteiger partial charge is 0.416 e. The number of anilines is 2. The van der Waals surface area contributed by atoms with Crippen molar-refractivity contribution in [2.45, 2.75) is 37.9 Å². The Hall–Kier alpha value is -2.98. The van der Waals surface area contributed by atoms with Crippen molar-refractivity contribution in [3.8, 4) is 0 Å². The zero-order valence-electron chi connectivity index (χ0n) is 19.3. The number of aromatic nitrogens is 3. The molecule has 10 heteroatoms. The number of pyridine rings is 1. The Morgan fingerprint density at radius 1 is 1.11 bits per heavy atom. The zero-order valence-corrected chi connectivity index (χ0v) is 19.3. The Bertz CT molecular complexity index is 1180. The van der Waals surface area contributed by atoms with Crippen LogP contribution in [0, 0.1) is 18.7 Å². The minimum Gasteiger partial charge on any atom is -0.377 e. The van der Waals surface area contributed by atoms with E-state index in [1.165, 1.54) is 12.1 Å². The van der Waals surface area contributed by atoms with E-state index in [4.69, 9.17) is 4.74 Å². The third kappa shape index (κ3) is 4.77. The van der Waals surface area contributed by atoms with Crippen LogP contribution in [-0.2, 0) is 22.9 Å². The van der Waals surface area contributed by atoms with E-state index in [9.17, 15) is 17.6 Å². The van der Waals surface area contributed by atoms with E-state index in [1.807, 2.05) is 13.0 Å². The van der Waals surface area contributed by atoms with Crippen molar-refractivity contribution in [2.75, 3.05) is 31.6 Å². The highest BCUT2D eigenvalue weighted by Crippen LogP contribution is 2.44. The fraction of sp³-hybridized carbons (Fsp3) is 0.440. The second-order valence-electron chi connectivity index (χ2n) is 9.39. The first-order valence-corrected chi connectivity index (χ1v) is 11.7. The van der Waals surface area contributed by atoms with Gasteiger partial charge >= 0.3 is 6.18 Å². The van der Waals surface area contributed by atoms with E-state index in [2.05, 4.69) is 25.4 Å². The quantitative estimate of drug-likeness (QED) is 0.467. The van der Waals surface area contributed by atoms with Crippen LogP contribution in [0.3, 0.4) is 0 Å². The highest BCUT2D eigenvalue weighted by atomic mass is 19.4. The maximum Gasteiger partial charge on any atom is 0.416 e. The Labute approximate surface area is 200 Å². The van der Waals surface area contributed by atoms with Crippen molar-refractivity contribution in [2.24, 2.45) is 5.92 Å². The molecular formula is C25H27F4N5O. The van der Waals surface area contributed by atoms with Crippen LogP contribution in [0.1, 0.15) is 35.4 Å².